The number of pyridine rings is 1. The summed E-state index contributed by atoms with van der Waals surface area (Å²) in [4.78, 5) is 13.5. The SMILES string of the molecule is CC(C)n1cc(CN(C)C)ccc1=O. The largest absolute Gasteiger partial charge is 0.313 e. The normalized spacial score (nSPS) is 11.3. The minimum absolute atomic E-state index is 0.0718. The Kier molecular flexibility index (Phi) is 3.47. The summed E-state index contributed by atoms with van der Waals surface area (Å²) in [6.45, 7) is 4.90. The molecule has 0 spiro atoms. The summed E-state index contributed by atoms with van der Waals surface area (Å²) in [5.74, 6) is 0. The molecule has 0 N–H and O–H groups in total. The summed E-state index contributed by atoms with van der Waals surface area (Å²) in [5.41, 5.74) is 1.24. The van der Waals surface area contributed by atoms with E-state index in [9.17, 15) is 4.79 Å². The van der Waals surface area contributed by atoms with Crippen LogP contribution in [-0.4, -0.2) is 23.6 Å². The van der Waals surface area contributed by atoms with Crippen molar-refractivity contribution in [3.8, 4) is 0 Å². The third-order valence-corrected chi connectivity index (χ3v) is 2.05. The van der Waals surface area contributed by atoms with Crippen LogP contribution < -0.4 is 5.56 Å². The Hall–Kier alpha value is -1.09. The summed E-state index contributed by atoms with van der Waals surface area (Å²) >= 11 is 0. The van der Waals surface area contributed by atoms with Crippen LogP contribution in [0.25, 0.3) is 0 Å². The van der Waals surface area contributed by atoms with Crippen molar-refractivity contribution in [3.05, 3.63) is 34.2 Å². The van der Waals surface area contributed by atoms with Crippen LogP contribution in [0.15, 0.2) is 23.1 Å². The number of rotatable bonds is 3. The third kappa shape index (κ3) is 2.70. The van der Waals surface area contributed by atoms with Crippen molar-refractivity contribution in [2.75, 3.05) is 14.1 Å². The van der Waals surface area contributed by atoms with Crippen molar-refractivity contribution in [3.63, 3.8) is 0 Å². The maximum absolute atomic E-state index is 11.4. The molecule has 78 valence electrons. The van der Waals surface area contributed by atoms with E-state index >= 15 is 0 Å². The minimum atomic E-state index is 0.0718. The Morgan fingerprint density at radius 2 is 2.00 bits per heavy atom. The molecule has 0 radical (unpaired) electrons. The fraction of sp³-hybridized carbons (Fsp3) is 0.545. The van der Waals surface area contributed by atoms with Gasteiger partial charge in [-0.1, -0.05) is 6.07 Å². The zero-order valence-electron chi connectivity index (χ0n) is 9.32. The Morgan fingerprint density at radius 1 is 1.36 bits per heavy atom. The Balaban J connectivity index is 3.01. The van der Waals surface area contributed by atoms with E-state index in [-0.39, 0.29) is 11.6 Å². The summed E-state index contributed by atoms with van der Waals surface area (Å²) in [6, 6.07) is 3.75. The molecule has 0 saturated carbocycles. The van der Waals surface area contributed by atoms with Crippen LogP contribution in [0.5, 0.6) is 0 Å². The van der Waals surface area contributed by atoms with Gasteiger partial charge in [0.25, 0.3) is 5.56 Å². The van der Waals surface area contributed by atoms with Crippen molar-refractivity contribution >= 4 is 0 Å². The lowest BCUT2D eigenvalue weighted by atomic mass is 10.2. The zero-order chi connectivity index (χ0) is 10.7. The zero-order valence-corrected chi connectivity index (χ0v) is 9.32. The van der Waals surface area contributed by atoms with Gasteiger partial charge in [0.1, 0.15) is 0 Å². The molecule has 0 aliphatic carbocycles. The van der Waals surface area contributed by atoms with Crippen LogP contribution in [0, 0.1) is 0 Å². The van der Waals surface area contributed by atoms with Gasteiger partial charge in [0, 0.05) is 24.8 Å². The van der Waals surface area contributed by atoms with Crippen molar-refractivity contribution < 1.29 is 0 Å². The number of nitrogens with zero attached hydrogens (tertiary/aromatic N) is 2. The molecule has 0 atom stereocenters. The van der Waals surface area contributed by atoms with Gasteiger partial charge in [-0.15, -0.1) is 0 Å². The lowest BCUT2D eigenvalue weighted by Crippen LogP contribution is -2.22. The molecule has 3 heteroatoms. The van der Waals surface area contributed by atoms with Gasteiger partial charge in [0.05, 0.1) is 0 Å². The molecule has 0 aliphatic rings. The fourth-order valence-corrected chi connectivity index (χ4v) is 1.41. The first-order valence-corrected chi connectivity index (χ1v) is 4.86. The van der Waals surface area contributed by atoms with E-state index in [1.54, 1.807) is 10.6 Å². The summed E-state index contributed by atoms with van der Waals surface area (Å²) in [5, 5.41) is 0. The summed E-state index contributed by atoms with van der Waals surface area (Å²) in [6.07, 6.45) is 1.94. The van der Waals surface area contributed by atoms with Crippen molar-refractivity contribution in [1.29, 1.82) is 0 Å². The van der Waals surface area contributed by atoms with Crippen molar-refractivity contribution in [2.45, 2.75) is 26.4 Å². The first kappa shape index (κ1) is 11.0. The Bertz CT molecular complexity index is 353. The molecule has 0 fully saturated rings. The molecular weight excluding hydrogens is 176 g/mol. The van der Waals surface area contributed by atoms with E-state index in [2.05, 4.69) is 4.90 Å². The van der Waals surface area contributed by atoms with E-state index in [4.69, 9.17) is 0 Å². The summed E-state index contributed by atoms with van der Waals surface area (Å²) in [7, 11) is 4.04. The molecule has 1 aromatic rings. The van der Waals surface area contributed by atoms with Gasteiger partial charge in [-0.05, 0) is 33.5 Å². The second-order valence-corrected chi connectivity index (χ2v) is 4.11. The maximum Gasteiger partial charge on any atom is 0.250 e. The highest BCUT2D eigenvalue weighted by Gasteiger charge is 2.02. The van der Waals surface area contributed by atoms with Gasteiger partial charge in [0.15, 0.2) is 0 Å². The molecule has 1 rings (SSSR count). The molecule has 1 aromatic heterocycles. The minimum Gasteiger partial charge on any atom is -0.313 e. The van der Waals surface area contributed by atoms with Crippen LogP contribution in [-0.2, 0) is 6.54 Å². The van der Waals surface area contributed by atoms with Gasteiger partial charge in [0.2, 0.25) is 0 Å². The van der Waals surface area contributed by atoms with Crippen LogP contribution in [0.4, 0.5) is 0 Å². The molecule has 0 bridgehead atoms. The Labute approximate surface area is 85.0 Å². The van der Waals surface area contributed by atoms with E-state index in [0.717, 1.165) is 6.54 Å². The molecule has 3 nitrogen and oxygen atoms in total. The predicted molar refractivity (Wildman–Crippen MR) is 58.5 cm³/mol. The van der Waals surface area contributed by atoms with Crippen LogP contribution in [0.2, 0.25) is 0 Å². The van der Waals surface area contributed by atoms with E-state index < -0.39 is 0 Å². The standard InChI is InChI=1S/C11H18N2O/c1-9(2)13-8-10(7-12(3)4)5-6-11(13)14/h5-6,8-9H,7H2,1-4H3. The molecule has 0 unspecified atom stereocenters. The van der Waals surface area contributed by atoms with Gasteiger partial charge < -0.3 is 9.47 Å². The van der Waals surface area contributed by atoms with E-state index in [0.29, 0.717) is 0 Å². The predicted octanol–water partition coefficient (Wildman–Crippen LogP) is 1.49. The first-order valence-electron chi connectivity index (χ1n) is 4.86. The van der Waals surface area contributed by atoms with Gasteiger partial charge in [-0.25, -0.2) is 0 Å². The van der Waals surface area contributed by atoms with Crippen molar-refractivity contribution in [2.24, 2.45) is 0 Å². The second-order valence-electron chi connectivity index (χ2n) is 4.11. The highest BCUT2D eigenvalue weighted by atomic mass is 16.1. The quantitative estimate of drug-likeness (QED) is 0.728. The molecule has 0 aliphatic heterocycles. The molecule has 1 heterocycles. The molecule has 14 heavy (non-hydrogen) atoms. The average Bonchev–Trinajstić information content (AvgIpc) is 2.07. The van der Waals surface area contributed by atoms with Gasteiger partial charge in [-0.2, -0.15) is 0 Å². The highest BCUT2D eigenvalue weighted by molar-refractivity contribution is 5.10. The molecule has 0 amide bonds. The smallest absolute Gasteiger partial charge is 0.250 e. The third-order valence-electron chi connectivity index (χ3n) is 2.05. The first-order chi connectivity index (χ1) is 6.50. The second kappa shape index (κ2) is 4.42. The molecule has 0 saturated heterocycles. The fourth-order valence-electron chi connectivity index (χ4n) is 1.41. The summed E-state index contributed by atoms with van der Waals surface area (Å²) < 4.78 is 1.76. The number of hydrogen-bond donors (Lipinski definition) is 0. The average molecular weight is 194 g/mol. The van der Waals surface area contributed by atoms with E-state index in [1.165, 1.54) is 5.56 Å². The number of hydrogen-bond acceptors (Lipinski definition) is 2. The topological polar surface area (TPSA) is 25.2 Å². The Morgan fingerprint density at radius 3 is 2.50 bits per heavy atom. The van der Waals surface area contributed by atoms with Gasteiger partial charge in [-0.3, -0.25) is 4.79 Å². The van der Waals surface area contributed by atoms with Crippen LogP contribution in [0.1, 0.15) is 25.5 Å². The lowest BCUT2D eigenvalue weighted by Gasteiger charge is -2.14. The number of aromatic nitrogens is 1. The monoisotopic (exact) mass is 194 g/mol. The molecular formula is C11H18N2O. The van der Waals surface area contributed by atoms with E-state index in [1.807, 2.05) is 40.2 Å². The molecule has 0 aromatic carbocycles. The maximum atomic E-state index is 11.4. The van der Waals surface area contributed by atoms with Crippen LogP contribution >= 0.6 is 0 Å². The highest BCUT2D eigenvalue weighted by Crippen LogP contribution is 2.04. The van der Waals surface area contributed by atoms with Gasteiger partial charge >= 0.3 is 0 Å². The van der Waals surface area contributed by atoms with Crippen molar-refractivity contribution in [1.82, 2.24) is 9.47 Å². The van der Waals surface area contributed by atoms with Crippen LogP contribution in [0.3, 0.4) is 0 Å². The lowest BCUT2D eigenvalue weighted by molar-refractivity contribution is 0.399.